The number of rotatable bonds is 5. The molecule has 0 radical (unpaired) electrons. The summed E-state index contributed by atoms with van der Waals surface area (Å²) < 4.78 is 28.5. The molecule has 0 aromatic heterocycles. The number of aliphatic carboxylic acids is 1. The quantitative estimate of drug-likeness (QED) is 0.745. The lowest BCUT2D eigenvalue weighted by Crippen LogP contribution is -2.52. The maximum absolute atomic E-state index is 12.1. The fourth-order valence-corrected chi connectivity index (χ4v) is 4.89. The standard InChI is InChI=1S/C13H23N3O4S/c17-13(18)12-2-1-7-16(12)11-5-8-15(9-6-11)21(19,20)14-10-3-4-10/h10-12,14H,1-9H2,(H,17,18). The Balaban J connectivity index is 1.56. The summed E-state index contributed by atoms with van der Waals surface area (Å²) in [5.41, 5.74) is 0. The summed E-state index contributed by atoms with van der Waals surface area (Å²) in [6, 6.07) is -0.0635. The largest absolute Gasteiger partial charge is 0.480 e. The first kappa shape index (κ1) is 15.2. The Bertz CT molecular complexity index is 498. The van der Waals surface area contributed by atoms with E-state index in [1.165, 1.54) is 4.31 Å². The van der Waals surface area contributed by atoms with Crippen LogP contribution in [0.2, 0.25) is 0 Å². The second-order valence-corrected chi connectivity index (χ2v) is 7.96. The Labute approximate surface area is 125 Å². The number of carboxylic acids is 1. The molecule has 3 aliphatic rings. The van der Waals surface area contributed by atoms with Gasteiger partial charge in [0.25, 0.3) is 10.2 Å². The Kier molecular flexibility index (Phi) is 4.22. The Hall–Kier alpha value is -0.700. The van der Waals surface area contributed by atoms with Gasteiger partial charge >= 0.3 is 5.97 Å². The topological polar surface area (TPSA) is 90.0 Å². The van der Waals surface area contributed by atoms with Crippen molar-refractivity contribution in [1.29, 1.82) is 0 Å². The molecule has 2 N–H and O–H groups in total. The van der Waals surface area contributed by atoms with E-state index >= 15 is 0 Å². The maximum atomic E-state index is 12.1. The van der Waals surface area contributed by atoms with Crippen molar-refractivity contribution in [1.82, 2.24) is 13.9 Å². The molecule has 0 spiro atoms. The number of piperidine rings is 1. The first-order valence-corrected chi connectivity index (χ1v) is 9.17. The van der Waals surface area contributed by atoms with Crippen molar-refractivity contribution < 1.29 is 18.3 Å². The molecule has 7 nitrogen and oxygen atoms in total. The number of nitrogens with zero attached hydrogens (tertiary/aromatic N) is 2. The number of likely N-dealkylation sites (tertiary alicyclic amines) is 1. The van der Waals surface area contributed by atoms with E-state index in [0.717, 1.165) is 38.6 Å². The van der Waals surface area contributed by atoms with Gasteiger partial charge in [0.1, 0.15) is 6.04 Å². The fraction of sp³-hybridized carbons (Fsp3) is 0.923. The number of carboxylic acid groups (broad SMARTS) is 1. The zero-order valence-electron chi connectivity index (χ0n) is 12.1. The fourth-order valence-electron chi connectivity index (χ4n) is 3.39. The summed E-state index contributed by atoms with van der Waals surface area (Å²) in [4.78, 5) is 13.3. The van der Waals surface area contributed by atoms with Crippen molar-refractivity contribution >= 4 is 16.2 Å². The van der Waals surface area contributed by atoms with Gasteiger partial charge in [-0.3, -0.25) is 9.69 Å². The molecule has 1 saturated carbocycles. The van der Waals surface area contributed by atoms with Crippen LogP contribution in [0.15, 0.2) is 0 Å². The highest BCUT2D eigenvalue weighted by Crippen LogP contribution is 2.27. The molecule has 0 bridgehead atoms. The molecule has 120 valence electrons. The second kappa shape index (κ2) is 5.83. The molecule has 3 fully saturated rings. The van der Waals surface area contributed by atoms with Crippen molar-refractivity contribution in [3.8, 4) is 0 Å². The van der Waals surface area contributed by atoms with Gasteiger partial charge < -0.3 is 5.11 Å². The van der Waals surface area contributed by atoms with E-state index in [-0.39, 0.29) is 18.1 Å². The molecule has 1 atom stereocenters. The first-order chi connectivity index (χ1) is 9.97. The highest BCUT2D eigenvalue weighted by atomic mass is 32.2. The van der Waals surface area contributed by atoms with Crippen molar-refractivity contribution in [2.75, 3.05) is 19.6 Å². The third kappa shape index (κ3) is 3.39. The molecule has 3 rings (SSSR count). The molecular weight excluding hydrogens is 294 g/mol. The van der Waals surface area contributed by atoms with E-state index < -0.39 is 16.2 Å². The first-order valence-electron chi connectivity index (χ1n) is 7.73. The summed E-state index contributed by atoms with van der Waals surface area (Å²) in [7, 11) is -3.35. The van der Waals surface area contributed by atoms with Crippen molar-refractivity contribution in [2.24, 2.45) is 0 Å². The minimum absolute atomic E-state index is 0.127. The van der Waals surface area contributed by atoms with E-state index in [2.05, 4.69) is 9.62 Å². The molecule has 2 heterocycles. The summed E-state index contributed by atoms with van der Waals surface area (Å²) in [6.45, 7) is 1.78. The molecule has 2 saturated heterocycles. The molecule has 0 aromatic carbocycles. The number of hydrogen-bond acceptors (Lipinski definition) is 4. The zero-order valence-corrected chi connectivity index (χ0v) is 12.9. The van der Waals surface area contributed by atoms with Crippen LogP contribution >= 0.6 is 0 Å². The highest BCUT2D eigenvalue weighted by molar-refractivity contribution is 7.87. The van der Waals surface area contributed by atoms with Gasteiger partial charge in [-0.15, -0.1) is 0 Å². The SMILES string of the molecule is O=C(O)C1CCCN1C1CCN(S(=O)(=O)NC2CC2)CC1. The van der Waals surface area contributed by atoms with Crippen LogP contribution < -0.4 is 4.72 Å². The van der Waals surface area contributed by atoms with Gasteiger partial charge in [0.2, 0.25) is 0 Å². The van der Waals surface area contributed by atoms with Gasteiger partial charge in [0.05, 0.1) is 0 Å². The van der Waals surface area contributed by atoms with Gasteiger partial charge in [-0.2, -0.15) is 17.4 Å². The van der Waals surface area contributed by atoms with Crippen molar-refractivity contribution in [3.63, 3.8) is 0 Å². The average molecular weight is 317 g/mol. The molecule has 0 amide bonds. The summed E-state index contributed by atoms with van der Waals surface area (Å²) in [5.74, 6) is -0.752. The predicted octanol–water partition coefficient (Wildman–Crippen LogP) is -0.00340. The van der Waals surface area contributed by atoms with Gasteiger partial charge in [-0.25, -0.2) is 0 Å². The minimum atomic E-state index is -3.35. The van der Waals surface area contributed by atoms with Crippen LogP contribution in [0.5, 0.6) is 0 Å². The van der Waals surface area contributed by atoms with E-state index in [9.17, 15) is 18.3 Å². The number of hydrogen-bond donors (Lipinski definition) is 2. The number of carbonyl (C=O) groups is 1. The lowest BCUT2D eigenvalue weighted by atomic mass is 10.0. The van der Waals surface area contributed by atoms with E-state index in [1.54, 1.807) is 0 Å². The summed E-state index contributed by atoms with van der Waals surface area (Å²) in [5, 5.41) is 9.24. The molecule has 0 aromatic rings. The Morgan fingerprint density at radius 1 is 1.05 bits per heavy atom. The minimum Gasteiger partial charge on any atom is -0.480 e. The Morgan fingerprint density at radius 3 is 2.29 bits per heavy atom. The maximum Gasteiger partial charge on any atom is 0.320 e. The smallest absolute Gasteiger partial charge is 0.320 e. The van der Waals surface area contributed by atoms with Crippen molar-refractivity contribution in [2.45, 2.75) is 56.7 Å². The van der Waals surface area contributed by atoms with Crippen LogP contribution in [0.1, 0.15) is 38.5 Å². The van der Waals surface area contributed by atoms with Crippen LogP contribution in [-0.2, 0) is 15.0 Å². The monoisotopic (exact) mass is 317 g/mol. The van der Waals surface area contributed by atoms with Crippen LogP contribution in [0, 0.1) is 0 Å². The third-order valence-electron chi connectivity index (χ3n) is 4.70. The Morgan fingerprint density at radius 2 is 1.71 bits per heavy atom. The van der Waals surface area contributed by atoms with Crippen LogP contribution in [-0.4, -0.2) is 66.5 Å². The second-order valence-electron chi connectivity index (χ2n) is 6.26. The lowest BCUT2D eigenvalue weighted by Gasteiger charge is -2.37. The molecule has 8 heteroatoms. The van der Waals surface area contributed by atoms with E-state index in [0.29, 0.717) is 19.5 Å². The normalized spacial score (nSPS) is 29.8. The highest BCUT2D eigenvalue weighted by Gasteiger charge is 2.39. The van der Waals surface area contributed by atoms with Gasteiger partial charge in [-0.05, 0) is 45.1 Å². The van der Waals surface area contributed by atoms with Gasteiger partial charge in [0.15, 0.2) is 0 Å². The molecule has 21 heavy (non-hydrogen) atoms. The van der Waals surface area contributed by atoms with Crippen LogP contribution in [0.4, 0.5) is 0 Å². The summed E-state index contributed by atoms with van der Waals surface area (Å²) >= 11 is 0. The lowest BCUT2D eigenvalue weighted by molar-refractivity contribution is -0.143. The number of nitrogens with one attached hydrogen (secondary N) is 1. The zero-order chi connectivity index (χ0) is 15.0. The molecule has 2 aliphatic heterocycles. The van der Waals surface area contributed by atoms with E-state index in [1.807, 2.05) is 0 Å². The molecule has 1 aliphatic carbocycles. The summed E-state index contributed by atoms with van der Waals surface area (Å²) in [6.07, 6.45) is 4.92. The third-order valence-corrected chi connectivity index (χ3v) is 6.38. The predicted molar refractivity (Wildman–Crippen MR) is 77.0 cm³/mol. The van der Waals surface area contributed by atoms with Gasteiger partial charge in [-0.1, -0.05) is 0 Å². The van der Waals surface area contributed by atoms with Crippen molar-refractivity contribution in [3.05, 3.63) is 0 Å². The van der Waals surface area contributed by atoms with Crippen LogP contribution in [0.3, 0.4) is 0 Å². The van der Waals surface area contributed by atoms with Crippen LogP contribution in [0.25, 0.3) is 0 Å². The average Bonchev–Trinajstić information content (AvgIpc) is 3.09. The molecular formula is C13H23N3O4S. The van der Waals surface area contributed by atoms with E-state index in [4.69, 9.17) is 0 Å². The molecule has 1 unspecified atom stereocenters. The van der Waals surface area contributed by atoms with Gasteiger partial charge in [0, 0.05) is 25.2 Å².